The molecule has 0 aliphatic carbocycles. The number of hydrogen-bond acceptors (Lipinski definition) is 4. The first-order valence-corrected chi connectivity index (χ1v) is 12.1. The summed E-state index contributed by atoms with van der Waals surface area (Å²) in [5, 5.41) is 11.9. The smallest absolute Gasteiger partial charge is 0.251 e. The van der Waals surface area contributed by atoms with Gasteiger partial charge >= 0.3 is 0 Å². The van der Waals surface area contributed by atoms with Crippen molar-refractivity contribution in [2.75, 3.05) is 33.2 Å². The largest absolute Gasteiger partial charge is 0.354 e. The summed E-state index contributed by atoms with van der Waals surface area (Å²) in [6.45, 7) is 8.61. The Balaban J connectivity index is 1.57. The van der Waals surface area contributed by atoms with Crippen LogP contribution in [0.2, 0.25) is 0 Å². The molecule has 3 rings (SSSR count). The Kier molecular flexibility index (Phi) is 8.91. The van der Waals surface area contributed by atoms with Crippen LogP contribution in [0.4, 0.5) is 0 Å². The van der Waals surface area contributed by atoms with Crippen molar-refractivity contribution in [2.24, 2.45) is 10.9 Å². The third kappa shape index (κ3) is 6.80. The van der Waals surface area contributed by atoms with E-state index in [2.05, 4.69) is 50.3 Å². The molecule has 3 N–H and O–H groups in total. The van der Waals surface area contributed by atoms with Crippen LogP contribution in [0.3, 0.4) is 0 Å². The summed E-state index contributed by atoms with van der Waals surface area (Å²) in [6.07, 6.45) is 2.52. The lowest BCUT2D eigenvalue weighted by Crippen LogP contribution is -2.44. The number of amides is 1. The molecule has 0 bridgehead atoms. The van der Waals surface area contributed by atoms with Gasteiger partial charge in [-0.25, -0.2) is 0 Å². The van der Waals surface area contributed by atoms with E-state index in [1.807, 2.05) is 42.5 Å². The van der Waals surface area contributed by atoms with Crippen molar-refractivity contribution in [2.45, 2.75) is 39.3 Å². The van der Waals surface area contributed by atoms with Gasteiger partial charge in [0.1, 0.15) is 0 Å². The van der Waals surface area contributed by atoms with E-state index in [-0.39, 0.29) is 5.91 Å². The van der Waals surface area contributed by atoms with Crippen LogP contribution in [0.25, 0.3) is 0 Å². The van der Waals surface area contributed by atoms with Gasteiger partial charge in [-0.3, -0.25) is 14.7 Å². The van der Waals surface area contributed by atoms with Gasteiger partial charge in [0.2, 0.25) is 0 Å². The van der Waals surface area contributed by atoms with Gasteiger partial charge in [0.15, 0.2) is 5.96 Å². The average Bonchev–Trinajstić information content (AvgIpc) is 3.32. The number of nitrogens with one attached hydrogen (secondary N) is 3. The van der Waals surface area contributed by atoms with Crippen LogP contribution in [0.5, 0.6) is 0 Å². The highest BCUT2D eigenvalue weighted by molar-refractivity contribution is 7.10. The van der Waals surface area contributed by atoms with Crippen LogP contribution >= 0.6 is 11.3 Å². The van der Waals surface area contributed by atoms with Crippen molar-refractivity contribution in [3.63, 3.8) is 0 Å². The first-order valence-electron chi connectivity index (χ1n) is 11.2. The molecule has 2 heterocycles. The monoisotopic (exact) mass is 441 g/mol. The quantitative estimate of drug-likeness (QED) is 0.432. The normalized spacial score (nSPS) is 16.7. The Labute approximate surface area is 190 Å². The number of thiophene rings is 1. The number of carbonyl (C=O) groups is 1. The molecule has 0 saturated carbocycles. The number of aliphatic imine (C=N–C) groups is 1. The van der Waals surface area contributed by atoms with Gasteiger partial charge in [-0.05, 0) is 67.9 Å². The predicted molar refractivity (Wildman–Crippen MR) is 130 cm³/mol. The van der Waals surface area contributed by atoms with E-state index in [4.69, 9.17) is 0 Å². The van der Waals surface area contributed by atoms with E-state index in [1.165, 1.54) is 17.7 Å². The Morgan fingerprint density at radius 2 is 2.00 bits per heavy atom. The lowest BCUT2D eigenvalue weighted by Gasteiger charge is -2.36. The van der Waals surface area contributed by atoms with Crippen molar-refractivity contribution < 1.29 is 4.79 Å². The van der Waals surface area contributed by atoms with Crippen molar-refractivity contribution in [1.82, 2.24) is 20.9 Å². The fourth-order valence-electron chi connectivity index (χ4n) is 3.92. The number of piperidine rings is 1. The van der Waals surface area contributed by atoms with Crippen LogP contribution in [0.1, 0.15) is 53.5 Å². The van der Waals surface area contributed by atoms with Gasteiger partial charge in [0, 0.05) is 37.1 Å². The zero-order chi connectivity index (χ0) is 22.1. The predicted octanol–water partition coefficient (Wildman–Crippen LogP) is 3.64. The zero-order valence-corrected chi connectivity index (χ0v) is 19.7. The molecule has 1 unspecified atom stereocenters. The van der Waals surface area contributed by atoms with Crippen LogP contribution in [-0.4, -0.2) is 50.0 Å². The fourth-order valence-corrected chi connectivity index (χ4v) is 4.78. The Morgan fingerprint density at radius 1 is 1.19 bits per heavy atom. The Hall–Kier alpha value is -2.38. The molecule has 1 aromatic carbocycles. The van der Waals surface area contributed by atoms with Crippen molar-refractivity contribution >= 4 is 23.2 Å². The second kappa shape index (κ2) is 11.9. The highest BCUT2D eigenvalue weighted by Crippen LogP contribution is 2.29. The van der Waals surface area contributed by atoms with E-state index < -0.39 is 0 Å². The van der Waals surface area contributed by atoms with Crippen LogP contribution < -0.4 is 16.0 Å². The van der Waals surface area contributed by atoms with Crippen molar-refractivity contribution in [3.05, 3.63) is 57.8 Å². The summed E-state index contributed by atoms with van der Waals surface area (Å²) < 4.78 is 0. The number of carbonyl (C=O) groups excluding carboxylic acids is 1. The second-order valence-electron chi connectivity index (χ2n) is 8.12. The fraction of sp³-hybridized carbons (Fsp3) is 0.500. The molecular weight excluding hydrogens is 406 g/mol. The number of likely N-dealkylation sites (tertiary alicyclic amines) is 1. The average molecular weight is 442 g/mol. The molecule has 1 amide bonds. The molecule has 7 heteroatoms. The summed E-state index contributed by atoms with van der Waals surface area (Å²) in [7, 11) is 1.79. The second-order valence-corrected chi connectivity index (χ2v) is 9.10. The lowest BCUT2D eigenvalue weighted by molar-refractivity contribution is 0.0955. The summed E-state index contributed by atoms with van der Waals surface area (Å²) in [5.41, 5.74) is 1.73. The van der Waals surface area contributed by atoms with Crippen LogP contribution in [-0.2, 0) is 6.54 Å². The summed E-state index contributed by atoms with van der Waals surface area (Å²) in [5.74, 6) is 1.55. The van der Waals surface area contributed by atoms with Crippen LogP contribution in [0.15, 0.2) is 46.8 Å². The molecule has 1 atom stereocenters. The summed E-state index contributed by atoms with van der Waals surface area (Å²) in [6, 6.07) is 12.4. The first kappa shape index (κ1) is 23.3. The van der Waals surface area contributed by atoms with Gasteiger partial charge in [-0.1, -0.05) is 25.1 Å². The minimum absolute atomic E-state index is 0.0403. The topological polar surface area (TPSA) is 68.8 Å². The van der Waals surface area contributed by atoms with Gasteiger partial charge in [0.25, 0.3) is 5.91 Å². The number of rotatable bonds is 8. The molecular formula is C24H35N5OS. The van der Waals surface area contributed by atoms with Gasteiger partial charge in [-0.2, -0.15) is 0 Å². The highest BCUT2D eigenvalue weighted by atomic mass is 32.1. The molecule has 0 spiro atoms. The Bertz CT molecular complexity index is 843. The number of guanidine groups is 1. The SMILES string of the molecule is CCNC(=O)c1cccc(CNC(=NC)NCC(c2cccs2)N2CCC(C)CC2)c1. The zero-order valence-electron chi connectivity index (χ0n) is 18.9. The molecule has 0 radical (unpaired) electrons. The maximum atomic E-state index is 12.1. The first-order chi connectivity index (χ1) is 15.1. The van der Waals surface area contributed by atoms with Gasteiger partial charge < -0.3 is 16.0 Å². The van der Waals surface area contributed by atoms with E-state index in [0.29, 0.717) is 24.7 Å². The number of benzene rings is 1. The van der Waals surface area contributed by atoms with Gasteiger partial charge in [0.05, 0.1) is 6.04 Å². The number of nitrogens with zero attached hydrogens (tertiary/aromatic N) is 2. The third-order valence-corrected chi connectivity index (χ3v) is 6.78. The van der Waals surface area contributed by atoms with Crippen molar-refractivity contribution in [1.29, 1.82) is 0 Å². The molecule has 1 fully saturated rings. The maximum absolute atomic E-state index is 12.1. The molecule has 2 aromatic rings. The van der Waals surface area contributed by atoms with Crippen LogP contribution in [0, 0.1) is 5.92 Å². The third-order valence-electron chi connectivity index (χ3n) is 5.80. The molecule has 1 aromatic heterocycles. The molecule has 1 aliphatic rings. The van der Waals surface area contributed by atoms with Crippen molar-refractivity contribution in [3.8, 4) is 0 Å². The standard InChI is InChI=1S/C24H35N5OS/c1-4-26-23(30)20-8-5-7-19(15-20)16-27-24(25-3)28-17-21(22-9-6-14-31-22)29-12-10-18(2)11-13-29/h5-9,14-15,18,21H,4,10-13,16-17H2,1-3H3,(H,26,30)(H2,25,27,28). The highest BCUT2D eigenvalue weighted by Gasteiger charge is 2.25. The molecule has 6 nitrogen and oxygen atoms in total. The minimum Gasteiger partial charge on any atom is -0.354 e. The van der Waals surface area contributed by atoms with E-state index in [1.54, 1.807) is 7.05 Å². The van der Waals surface area contributed by atoms with E-state index in [9.17, 15) is 4.79 Å². The Morgan fingerprint density at radius 3 is 2.68 bits per heavy atom. The lowest BCUT2D eigenvalue weighted by atomic mass is 9.97. The van der Waals surface area contributed by atoms with E-state index >= 15 is 0 Å². The number of hydrogen-bond donors (Lipinski definition) is 3. The molecule has 168 valence electrons. The summed E-state index contributed by atoms with van der Waals surface area (Å²) in [4.78, 5) is 20.5. The maximum Gasteiger partial charge on any atom is 0.251 e. The minimum atomic E-state index is -0.0403. The molecule has 1 aliphatic heterocycles. The molecule has 31 heavy (non-hydrogen) atoms. The van der Waals surface area contributed by atoms with Gasteiger partial charge in [-0.15, -0.1) is 11.3 Å². The summed E-state index contributed by atoms with van der Waals surface area (Å²) >= 11 is 1.82. The van der Waals surface area contributed by atoms with E-state index in [0.717, 1.165) is 37.1 Å². The molecule has 1 saturated heterocycles.